The van der Waals surface area contributed by atoms with Gasteiger partial charge in [-0.15, -0.1) is 12.3 Å². The Morgan fingerprint density at radius 2 is 1.83 bits per heavy atom. The minimum atomic E-state index is -3.63. The molecule has 18 heavy (non-hydrogen) atoms. The van der Waals surface area contributed by atoms with Crippen LogP contribution in [0, 0.1) is 12.3 Å². The Morgan fingerprint density at radius 1 is 1.22 bits per heavy atom. The van der Waals surface area contributed by atoms with Crippen LogP contribution < -0.4 is 5.14 Å². The van der Waals surface area contributed by atoms with E-state index in [9.17, 15) is 13.2 Å². The van der Waals surface area contributed by atoms with Gasteiger partial charge in [0.1, 0.15) is 0 Å². The first-order chi connectivity index (χ1) is 8.45. The van der Waals surface area contributed by atoms with Crippen LogP contribution in [0.15, 0.2) is 0 Å². The van der Waals surface area contributed by atoms with Gasteiger partial charge in [0.2, 0.25) is 5.91 Å². The van der Waals surface area contributed by atoms with E-state index in [0.717, 1.165) is 12.8 Å². The molecule has 2 N–H and O–H groups in total. The van der Waals surface area contributed by atoms with Gasteiger partial charge < -0.3 is 4.90 Å². The maximum absolute atomic E-state index is 11.8. The van der Waals surface area contributed by atoms with Gasteiger partial charge >= 0.3 is 0 Å². The van der Waals surface area contributed by atoms with E-state index in [-0.39, 0.29) is 19.0 Å². The molecular weight excluding hydrogens is 254 g/mol. The van der Waals surface area contributed by atoms with Gasteiger partial charge in [0.15, 0.2) is 0 Å². The normalized spacial score (nSPS) is 17.4. The molecule has 102 valence electrons. The number of carbonyl (C=O) groups is 1. The summed E-state index contributed by atoms with van der Waals surface area (Å²) >= 11 is 0. The summed E-state index contributed by atoms with van der Waals surface area (Å²) in [5.74, 6) is 2.59. The molecule has 0 aromatic rings. The second-order valence-electron chi connectivity index (χ2n) is 4.24. The predicted molar refractivity (Wildman–Crippen MR) is 68.6 cm³/mol. The lowest BCUT2D eigenvalue weighted by atomic mass is 10.2. The van der Waals surface area contributed by atoms with Gasteiger partial charge in [-0.2, -0.15) is 12.7 Å². The number of nitrogens with zero attached hydrogens (tertiary/aromatic N) is 2. The monoisotopic (exact) mass is 273 g/mol. The molecule has 0 aromatic heterocycles. The molecule has 0 bridgehead atoms. The van der Waals surface area contributed by atoms with E-state index in [1.807, 2.05) is 0 Å². The molecule has 1 rings (SSSR count). The summed E-state index contributed by atoms with van der Waals surface area (Å²) in [4.78, 5) is 13.5. The molecule has 1 fully saturated rings. The lowest BCUT2D eigenvalue weighted by molar-refractivity contribution is -0.132. The molecule has 1 amide bonds. The Kier molecular flexibility index (Phi) is 5.59. The number of hydrogen-bond donors (Lipinski definition) is 1. The van der Waals surface area contributed by atoms with Crippen molar-refractivity contribution < 1.29 is 13.2 Å². The molecule has 0 unspecified atom stereocenters. The van der Waals surface area contributed by atoms with E-state index in [1.54, 1.807) is 4.90 Å². The fourth-order valence-electron chi connectivity index (χ4n) is 1.85. The van der Waals surface area contributed by atoms with Gasteiger partial charge in [0.25, 0.3) is 10.2 Å². The maximum Gasteiger partial charge on any atom is 0.277 e. The standard InChI is InChI=1S/C11H19N3O3S/c1-2-3-4-5-6-11(15)13-7-9-14(10-8-13)18(12,16)17/h1H,3-10H2,(H2,12,16,17). The average molecular weight is 273 g/mol. The van der Waals surface area contributed by atoms with Gasteiger partial charge in [-0.3, -0.25) is 4.79 Å². The van der Waals surface area contributed by atoms with Crippen LogP contribution in [-0.4, -0.2) is 49.7 Å². The lowest BCUT2D eigenvalue weighted by Gasteiger charge is -2.33. The molecule has 0 saturated carbocycles. The van der Waals surface area contributed by atoms with Crippen LogP contribution in [0.4, 0.5) is 0 Å². The van der Waals surface area contributed by atoms with Crippen molar-refractivity contribution in [2.45, 2.75) is 25.7 Å². The van der Waals surface area contributed by atoms with Gasteiger partial charge in [0, 0.05) is 39.0 Å². The number of nitrogens with two attached hydrogens (primary N) is 1. The Labute approximate surface area is 108 Å². The molecular formula is C11H19N3O3S. The first-order valence-corrected chi connectivity index (χ1v) is 7.44. The third-order valence-corrected chi connectivity index (χ3v) is 4.00. The molecule has 1 aliphatic rings. The fourth-order valence-corrected chi connectivity index (χ4v) is 2.53. The van der Waals surface area contributed by atoms with Crippen molar-refractivity contribution in [1.82, 2.24) is 9.21 Å². The van der Waals surface area contributed by atoms with Crippen LogP contribution in [0.25, 0.3) is 0 Å². The molecule has 1 heterocycles. The highest BCUT2D eigenvalue weighted by Gasteiger charge is 2.25. The third-order valence-electron chi connectivity index (χ3n) is 2.91. The lowest BCUT2D eigenvalue weighted by Crippen LogP contribution is -2.52. The molecule has 1 aliphatic heterocycles. The van der Waals surface area contributed by atoms with E-state index in [4.69, 9.17) is 11.6 Å². The summed E-state index contributed by atoms with van der Waals surface area (Å²) in [5, 5.41) is 5.02. The van der Waals surface area contributed by atoms with Crippen LogP contribution in [-0.2, 0) is 15.0 Å². The van der Waals surface area contributed by atoms with Crippen molar-refractivity contribution >= 4 is 16.1 Å². The number of terminal acetylenes is 1. The molecule has 0 radical (unpaired) electrons. The topological polar surface area (TPSA) is 83.7 Å². The minimum absolute atomic E-state index is 0.0566. The molecule has 0 spiro atoms. The number of carbonyl (C=O) groups excluding carboxylic acids is 1. The molecule has 6 nitrogen and oxygen atoms in total. The quantitative estimate of drug-likeness (QED) is 0.543. The van der Waals surface area contributed by atoms with E-state index < -0.39 is 10.2 Å². The smallest absolute Gasteiger partial charge is 0.277 e. The summed E-state index contributed by atoms with van der Waals surface area (Å²) < 4.78 is 23.4. The molecule has 1 saturated heterocycles. The van der Waals surface area contributed by atoms with Crippen LogP contribution >= 0.6 is 0 Å². The average Bonchev–Trinajstić information content (AvgIpc) is 2.33. The van der Waals surface area contributed by atoms with E-state index >= 15 is 0 Å². The van der Waals surface area contributed by atoms with Gasteiger partial charge in [-0.05, 0) is 12.8 Å². The Bertz CT molecular complexity index is 419. The molecule has 0 atom stereocenters. The SMILES string of the molecule is C#CCCCCC(=O)N1CCN(S(N)(=O)=O)CC1. The van der Waals surface area contributed by atoms with Crippen molar-refractivity contribution in [3.63, 3.8) is 0 Å². The van der Waals surface area contributed by atoms with Gasteiger partial charge in [-0.1, -0.05) is 0 Å². The second-order valence-corrected chi connectivity index (χ2v) is 5.78. The van der Waals surface area contributed by atoms with Crippen molar-refractivity contribution in [2.24, 2.45) is 5.14 Å². The van der Waals surface area contributed by atoms with Crippen molar-refractivity contribution in [3.8, 4) is 12.3 Å². The van der Waals surface area contributed by atoms with Gasteiger partial charge in [-0.25, -0.2) is 5.14 Å². The van der Waals surface area contributed by atoms with Gasteiger partial charge in [0.05, 0.1) is 0 Å². The summed E-state index contributed by atoms with van der Waals surface area (Å²) in [6, 6.07) is 0. The van der Waals surface area contributed by atoms with Crippen LogP contribution in [0.3, 0.4) is 0 Å². The Hall–Kier alpha value is -1.10. The number of amides is 1. The minimum Gasteiger partial charge on any atom is -0.340 e. The highest BCUT2D eigenvalue weighted by Crippen LogP contribution is 2.08. The predicted octanol–water partition coefficient (Wildman–Crippen LogP) is -0.472. The Balaban J connectivity index is 2.30. The highest BCUT2D eigenvalue weighted by atomic mass is 32.2. The molecule has 7 heteroatoms. The zero-order valence-corrected chi connectivity index (χ0v) is 11.2. The number of rotatable bonds is 5. The van der Waals surface area contributed by atoms with Crippen LogP contribution in [0.1, 0.15) is 25.7 Å². The summed E-state index contributed by atoms with van der Waals surface area (Å²) in [7, 11) is -3.63. The summed E-state index contributed by atoms with van der Waals surface area (Å²) in [6.45, 7) is 1.36. The third kappa shape index (κ3) is 4.64. The first-order valence-electron chi connectivity index (χ1n) is 5.94. The van der Waals surface area contributed by atoms with Crippen molar-refractivity contribution in [2.75, 3.05) is 26.2 Å². The van der Waals surface area contributed by atoms with E-state index in [2.05, 4.69) is 5.92 Å². The van der Waals surface area contributed by atoms with Crippen molar-refractivity contribution in [3.05, 3.63) is 0 Å². The fraction of sp³-hybridized carbons (Fsp3) is 0.727. The zero-order chi connectivity index (χ0) is 13.6. The highest BCUT2D eigenvalue weighted by molar-refractivity contribution is 7.86. The largest absolute Gasteiger partial charge is 0.340 e. The van der Waals surface area contributed by atoms with Crippen molar-refractivity contribution in [1.29, 1.82) is 0 Å². The molecule has 0 aliphatic carbocycles. The summed E-state index contributed by atoms with van der Waals surface area (Å²) in [6.07, 6.45) is 7.90. The van der Waals surface area contributed by atoms with E-state index in [1.165, 1.54) is 4.31 Å². The molecule has 0 aromatic carbocycles. The zero-order valence-electron chi connectivity index (χ0n) is 10.3. The first kappa shape index (κ1) is 15.0. The maximum atomic E-state index is 11.8. The number of unbranched alkanes of at least 4 members (excludes halogenated alkanes) is 2. The van der Waals surface area contributed by atoms with Crippen LogP contribution in [0.5, 0.6) is 0 Å². The van der Waals surface area contributed by atoms with E-state index in [0.29, 0.717) is 25.9 Å². The Morgan fingerprint density at radius 3 is 2.33 bits per heavy atom. The summed E-state index contributed by atoms with van der Waals surface area (Å²) in [5.41, 5.74) is 0. The number of piperazine rings is 1. The van der Waals surface area contributed by atoms with Crippen LogP contribution in [0.2, 0.25) is 0 Å². The second kappa shape index (κ2) is 6.73. The number of hydrogen-bond acceptors (Lipinski definition) is 3.